The Kier molecular flexibility index (Phi) is 5.29. The van der Waals surface area contributed by atoms with Gasteiger partial charge in [0.2, 0.25) is 0 Å². The van der Waals surface area contributed by atoms with E-state index in [9.17, 15) is 4.79 Å². The second kappa shape index (κ2) is 7.79. The number of benzene rings is 3. The van der Waals surface area contributed by atoms with E-state index >= 15 is 0 Å². The molecule has 0 aliphatic heterocycles. The fourth-order valence-electron chi connectivity index (χ4n) is 2.19. The first kappa shape index (κ1) is 16.3. The maximum Gasteiger partial charge on any atom is 0.339 e. The highest BCUT2D eigenvalue weighted by Crippen LogP contribution is 2.26. The quantitative estimate of drug-likeness (QED) is 0.538. The van der Waals surface area contributed by atoms with Crippen molar-refractivity contribution in [3.63, 3.8) is 0 Å². The standard InChI is InChI=1S/C20H15BrO3/c21-18-12-6-5-11-17(18)20(22)23-14-15-8-4-7-13-19(15)24-16-9-2-1-3-10-16/h1-13H,14H2. The molecule has 120 valence electrons. The Morgan fingerprint density at radius 3 is 2.29 bits per heavy atom. The van der Waals surface area contributed by atoms with Crippen LogP contribution in [0.2, 0.25) is 0 Å². The van der Waals surface area contributed by atoms with Gasteiger partial charge in [-0.25, -0.2) is 4.79 Å². The van der Waals surface area contributed by atoms with E-state index < -0.39 is 0 Å². The molecule has 3 aromatic rings. The first-order valence-corrected chi connectivity index (χ1v) is 8.26. The van der Waals surface area contributed by atoms with Crippen LogP contribution in [0.1, 0.15) is 15.9 Å². The van der Waals surface area contributed by atoms with Gasteiger partial charge in [-0.05, 0) is 46.3 Å². The van der Waals surface area contributed by atoms with Crippen LogP contribution in [0, 0.1) is 0 Å². The molecule has 0 fully saturated rings. The zero-order valence-electron chi connectivity index (χ0n) is 12.8. The molecule has 0 radical (unpaired) electrons. The van der Waals surface area contributed by atoms with E-state index in [4.69, 9.17) is 9.47 Å². The van der Waals surface area contributed by atoms with Gasteiger partial charge in [-0.2, -0.15) is 0 Å². The Morgan fingerprint density at radius 1 is 0.833 bits per heavy atom. The normalized spacial score (nSPS) is 10.2. The van der Waals surface area contributed by atoms with Gasteiger partial charge in [-0.1, -0.05) is 48.5 Å². The number of ether oxygens (including phenoxy) is 2. The van der Waals surface area contributed by atoms with E-state index in [0.717, 1.165) is 11.3 Å². The number of carbonyl (C=O) groups is 1. The van der Waals surface area contributed by atoms with Crippen LogP contribution in [0.25, 0.3) is 0 Å². The summed E-state index contributed by atoms with van der Waals surface area (Å²) in [6, 6.07) is 24.2. The molecule has 0 bridgehead atoms. The largest absolute Gasteiger partial charge is 0.457 e. The van der Waals surface area contributed by atoms with Crippen molar-refractivity contribution in [1.82, 2.24) is 0 Å². The third-order valence-corrected chi connectivity index (χ3v) is 4.09. The summed E-state index contributed by atoms with van der Waals surface area (Å²) >= 11 is 3.36. The molecule has 0 atom stereocenters. The van der Waals surface area contributed by atoms with Gasteiger partial charge in [0.15, 0.2) is 0 Å². The van der Waals surface area contributed by atoms with Gasteiger partial charge >= 0.3 is 5.97 Å². The molecule has 3 aromatic carbocycles. The number of rotatable bonds is 5. The van der Waals surface area contributed by atoms with Crippen LogP contribution >= 0.6 is 15.9 Å². The monoisotopic (exact) mass is 382 g/mol. The molecule has 3 nitrogen and oxygen atoms in total. The van der Waals surface area contributed by atoms with Gasteiger partial charge in [0.25, 0.3) is 0 Å². The highest BCUT2D eigenvalue weighted by atomic mass is 79.9. The molecule has 0 heterocycles. The average Bonchev–Trinajstić information content (AvgIpc) is 2.62. The molecule has 0 spiro atoms. The molecule has 4 heteroatoms. The fourth-order valence-corrected chi connectivity index (χ4v) is 2.63. The van der Waals surface area contributed by atoms with Crippen LogP contribution in [0.15, 0.2) is 83.3 Å². The molecular formula is C20H15BrO3. The smallest absolute Gasteiger partial charge is 0.339 e. The van der Waals surface area contributed by atoms with Crippen molar-refractivity contribution < 1.29 is 14.3 Å². The van der Waals surface area contributed by atoms with Crippen molar-refractivity contribution >= 4 is 21.9 Å². The van der Waals surface area contributed by atoms with Crippen molar-refractivity contribution in [3.05, 3.63) is 94.5 Å². The second-order valence-electron chi connectivity index (χ2n) is 5.08. The summed E-state index contributed by atoms with van der Waals surface area (Å²) in [4.78, 5) is 12.2. The van der Waals surface area contributed by atoms with Crippen LogP contribution in [-0.2, 0) is 11.3 Å². The fraction of sp³-hybridized carbons (Fsp3) is 0.0500. The van der Waals surface area contributed by atoms with E-state index in [1.54, 1.807) is 12.1 Å². The van der Waals surface area contributed by atoms with Gasteiger partial charge < -0.3 is 9.47 Å². The van der Waals surface area contributed by atoms with Crippen LogP contribution in [0.3, 0.4) is 0 Å². The van der Waals surface area contributed by atoms with E-state index in [0.29, 0.717) is 15.8 Å². The molecule has 0 amide bonds. The lowest BCUT2D eigenvalue weighted by molar-refractivity contribution is 0.0469. The zero-order valence-corrected chi connectivity index (χ0v) is 14.4. The summed E-state index contributed by atoms with van der Waals surface area (Å²) in [6.45, 7) is 0.142. The molecule has 0 saturated carbocycles. The molecular weight excluding hydrogens is 368 g/mol. The third-order valence-electron chi connectivity index (χ3n) is 3.40. The Labute approximate surface area is 149 Å². The molecule has 0 N–H and O–H groups in total. The molecule has 0 aromatic heterocycles. The first-order chi connectivity index (χ1) is 11.7. The number of hydrogen-bond donors (Lipinski definition) is 0. The Bertz CT molecular complexity index is 831. The van der Waals surface area contributed by atoms with Crippen LogP contribution < -0.4 is 4.74 Å². The predicted molar refractivity (Wildman–Crippen MR) is 96.2 cm³/mol. The molecule has 0 saturated heterocycles. The summed E-state index contributed by atoms with van der Waals surface area (Å²) < 4.78 is 12.0. The van der Waals surface area contributed by atoms with Crippen molar-refractivity contribution in [2.24, 2.45) is 0 Å². The summed E-state index contributed by atoms with van der Waals surface area (Å²) in [5, 5.41) is 0. The van der Waals surface area contributed by atoms with E-state index in [2.05, 4.69) is 15.9 Å². The van der Waals surface area contributed by atoms with Gasteiger partial charge in [-0.3, -0.25) is 0 Å². The van der Waals surface area contributed by atoms with Gasteiger partial charge in [0.1, 0.15) is 18.1 Å². The lowest BCUT2D eigenvalue weighted by Gasteiger charge is -2.12. The second-order valence-corrected chi connectivity index (χ2v) is 5.93. The summed E-state index contributed by atoms with van der Waals surface area (Å²) in [6.07, 6.45) is 0. The van der Waals surface area contributed by atoms with Crippen LogP contribution in [-0.4, -0.2) is 5.97 Å². The number of carbonyl (C=O) groups excluding carboxylic acids is 1. The maximum atomic E-state index is 12.2. The lowest BCUT2D eigenvalue weighted by Crippen LogP contribution is -2.06. The molecule has 0 unspecified atom stereocenters. The van der Waals surface area contributed by atoms with Crippen LogP contribution in [0.4, 0.5) is 0 Å². The first-order valence-electron chi connectivity index (χ1n) is 7.46. The lowest BCUT2D eigenvalue weighted by atomic mass is 10.2. The van der Waals surface area contributed by atoms with Crippen molar-refractivity contribution in [2.75, 3.05) is 0 Å². The maximum absolute atomic E-state index is 12.2. The molecule has 24 heavy (non-hydrogen) atoms. The zero-order chi connectivity index (χ0) is 16.8. The summed E-state index contributed by atoms with van der Waals surface area (Å²) in [7, 11) is 0. The molecule has 0 aliphatic rings. The highest BCUT2D eigenvalue weighted by molar-refractivity contribution is 9.10. The van der Waals surface area contributed by atoms with E-state index in [-0.39, 0.29) is 12.6 Å². The summed E-state index contributed by atoms with van der Waals surface area (Å²) in [5.41, 5.74) is 1.31. The predicted octanol–water partition coefficient (Wildman–Crippen LogP) is 5.60. The number of hydrogen-bond acceptors (Lipinski definition) is 3. The topological polar surface area (TPSA) is 35.5 Å². The van der Waals surface area contributed by atoms with Crippen LogP contribution in [0.5, 0.6) is 11.5 Å². The van der Waals surface area contributed by atoms with Gasteiger partial charge in [0.05, 0.1) is 5.56 Å². The molecule has 0 aliphatic carbocycles. The third kappa shape index (κ3) is 4.03. The van der Waals surface area contributed by atoms with E-state index in [1.807, 2.05) is 66.7 Å². The highest BCUT2D eigenvalue weighted by Gasteiger charge is 2.12. The van der Waals surface area contributed by atoms with Crippen molar-refractivity contribution in [1.29, 1.82) is 0 Å². The Hall–Kier alpha value is -2.59. The Morgan fingerprint density at radius 2 is 1.50 bits per heavy atom. The minimum atomic E-state index is -0.378. The minimum Gasteiger partial charge on any atom is -0.457 e. The SMILES string of the molecule is O=C(OCc1ccccc1Oc1ccccc1)c1ccccc1Br. The van der Waals surface area contributed by atoms with Crippen molar-refractivity contribution in [2.45, 2.75) is 6.61 Å². The average molecular weight is 383 g/mol. The number of halogens is 1. The molecule has 3 rings (SSSR count). The summed E-state index contributed by atoms with van der Waals surface area (Å²) in [5.74, 6) is 1.03. The van der Waals surface area contributed by atoms with Crippen molar-refractivity contribution in [3.8, 4) is 11.5 Å². The van der Waals surface area contributed by atoms with E-state index in [1.165, 1.54) is 0 Å². The van der Waals surface area contributed by atoms with Gasteiger partial charge in [0, 0.05) is 10.0 Å². The van der Waals surface area contributed by atoms with Gasteiger partial charge in [-0.15, -0.1) is 0 Å². The Balaban J connectivity index is 1.72. The minimum absolute atomic E-state index is 0.142. The number of para-hydroxylation sites is 2. The number of esters is 1.